The molecule has 3 heteroatoms. The Morgan fingerprint density at radius 1 is 1.37 bits per heavy atom. The van der Waals surface area contributed by atoms with Crippen molar-refractivity contribution in [3.05, 3.63) is 35.5 Å². The van der Waals surface area contributed by atoms with Gasteiger partial charge in [-0.2, -0.15) is 0 Å². The number of H-pyrrole nitrogens is 1. The van der Waals surface area contributed by atoms with Crippen LogP contribution in [-0.2, 0) is 6.54 Å². The second-order valence-electron chi connectivity index (χ2n) is 6.26. The Morgan fingerprint density at radius 3 is 2.84 bits per heavy atom. The zero-order chi connectivity index (χ0) is 13.6. The first-order valence-corrected chi connectivity index (χ1v) is 6.98. The van der Waals surface area contributed by atoms with Gasteiger partial charge in [0.2, 0.25) is 0 Å². The molecule has 1 unspecified atom stereocenters. The van der Waals surface area contributed by atoms with E-state index in [-0.39, 0.29) is 11.6 Å². The van der Waals surface area contributed by atoms with E-state index in [9.17, 15) is 5.11 Å². The van der Waals surface area contributed by atoms with Gasteiger partial charge < -0.3 is 10.1 Å². The van der Waals surface area contributed by atoms with Crippen LogP contribution in [0.5, 0.6) is 0 Å². The maximum Gasteiger partial charge on any atom is 0.0730 e. The number of likely N-dealkylation sites (tertiary alicyclic amines) is 1. The number of aliphatic hydroxyl groups excluding tert-OH is 1. The van der Waals surface area contributed by atoms with Crippen LogP contribution in [0.25, 0.3) is 10.9 Å². The van der Waals surface area contributed by atoms with Crippen LogP contribution in [0, 0.1) is 6.92 Å². The minimum absolute atomic E-state index is 0.132. The number of hydrogen-bond acceptors (Lipinski definition) is 2. The molecule has 1 aliphatic heterocycles. The molecule has 1 aromatic carbocycles. The highest BCUT2D eigenvalue weighted by molar-refractivity contribution is 5.81. The fraction of sp³-hybridized carbons (Fsp3) is 0.500. The lowest BCUT2D eigenvalue weighted by Gasteiger charge is -2.33. The van der Waals surface area contributed by atoms with Crippen LogP contribution in [0.3, 0.4) is 0 Å². The Morgan fingerprint density at radius 2 is 2.16 bits per heavy atom. The van der Waals surface area contributed by atoms with Gasteiger partial charge in [0.25, 0.3) is 0 Å². The molecule has 0 saturated carbocycles. The first-order chi connectivity index (χ1) is 8.96. The Bertz CT molecular complexity index is 600. The Balaban J connectivity index is 1.86. The van der Waals surface area contributed by atoms with Crippen molar-refractivity contribution in [3.8, 4) is 0 Å². The predicted octanol–water partition coefficient (Wildman–Crippen LogP) is 2.82. The SMILES string of the molecule is Cc1ccc2cc(CN3CCC(O)C3(C)C)[nH]c2c1. The average molecular weight is 258 g/mol. The summed E-state index contributed by atoms with van der Waals surface area (Å²) in [6, 6.07) is 8.70. The molecule has 0 spiro atoms. The Hall–Kier alpha value is -1.32. The van der Waals surface area contributed by atoms with Gasteiger partial charge in [-0.25, -0.2) is 0 Å². The number of rotatable bonds is 2. The number of fused-ring (bicyclic) bond motifs is 1. The Labute approximate surface area is 114 Å². The fourth-order valence-corrected chi connectivity index (χ4v) is 3.00. The van der Waals surface area contributed by atoms with Gasteiger partial charge in [0, 0.05) is 29.8 Å². The average Bonchev–Trinajstić information content (AvgIpc) is 2.84. The van der Waals surface area contributed by atoms with E-state index in [1.165, 1.54) is 22.2 Å². The van der Waals surface area contributed by atoms with Crippen molar-refractivity contribution in [1.82, 2.24) is 9.88 Å². The molecule has 2 heterocycles. The van der Waals surface area contributed by atoms with E-state index in [0.717, 1.165) is 19.5 Å². The van der Waals surface area contributed by atoms with Crippen molar-refractivity contribution in [2.24, 2.45) is 0 Å². The van der Waals surface area contributed by atoms with Gasteiger partial charge in [0.15, 0.2) is 0 Å². The molecule has 0 amide bonds. The second kappa shape index (κ2) is 4.36. The van der Waals surface area contributed by atoms with Crippen molar-refractivity contribution in [1.29, 1.82) is 0 Å². The van der Waals surface area contributed by atoms with Crippen LogP contribution in [0.1, 0.15) is 31.5 Å². The van der Waals surface area contributed by atoms with E-state index in [4.69, 9.17) is 0 Å². The molecule has 3 nitrogen and oxygen atoms in total. The smallest absolute Gasteiger partial charge is 0.0730 e. The van der Waals surface area contributed by atoms with E-state index in [0.29, 0.717) is 0 Å². The predicted molar refractivity (Wildman–Crippen MR) is 78.1 cm³/mol. The summed E-state index contributed by atoms with van der Waals surface area (Å²) in [5.41, 5.74) is 3.57. The molecule has 1 aliphatic rings. The summed E-state index contributed by atoms with van der Waals surface area (Å²) in [5.74, 6) is 0. The lowest BCUT2D eigenvalue weighted by atomic mass is 9.99. The van der Waals surface area contributed by atoms with Crippen LogP contribution in [0.15, 0.2) is 24.3 Å². The highest BCUT2D eigenvalue weighted by Gasteiger charge is 2.39. The van der Waals surface area contributed by atoms with Crippen molar-refractivity contribution < 1.29 is 5.11 Å². The third kappa shape index (κ3) is 2.17. The van der Waals surface area contributed by atoms with Gasteiger partial charge in [-0.15, -0.1) is 0 Å². The molecular formula is C16H22N2O. The highest BCUT2D eigenvalue weighted by atomic mass is 16.3. The summed E-state index contributed by atoms with van der Waals surface area (Å²) >= 11 is 0. The van der Waals surface area contributed by atoms with E-state index in [1.54, 1.807) is 0 Å². The van der Waals surface area contributed by atoms with E-state index in [2.05, 4.69) is 54.9 Å². The lowest BCUT2D eigenvalue weighted by Crippen LogP contribution is -2.44. The van der Waals surface area contributed by atoms with Gasteiger partial charge in [-0.05, 0) is 50.3 Å². The van der Waals surface area contributed by atoms with Crippen molar-refractivity contribution in [3.63, 3.8) is 0 Å². The summed E-state index contributed by atoms with van der Waals surface area (Å²) in [6.45, 7) is 8.19. The minimum Gasteiger partial charge on any atom is -0.391 e. The summed E-state index contributed by atoms with van der Waals surface area (Å²) in [7, 11) is 0. The topological polar surface area (TPSA) is 39.3 Å². The first kappa shape index (κ1) is 12.7. The second-order valence-corrected chi connectivity index (χ2v) is 6.26. The minimum atomic E-state index is -0.223. The molecule has 2 aromatic rings. The number of aromatic nitrogens is 1. The molecule has 0 aliphatic carbocycles. The third-order valence-corrected chi connectivity index (χ3v) is 4.50. The van der Waals surface area contributed by atoms with Gasteiger partial charge in [0.05, 0.1) is 6.10 Å². The number of nitrogens with one attached hydrogen (secondary N) is 1. The monoisotopic (exact) mass is 258 g/mol. The van der Waals surface area contributed by atoms with Crippen LogP contribution < -0.4 is 0 Å². The lowest BCUT2D eigenvalue weighted by molar-refractivity contribution is 0.0501. The number of hydrogen-bond donors (Lipinski definition) is 2. The van der Waals surface area contributed by atoms with Crippen molar-refractivity contribution >= 4 is 10.9 Å². The molecule has 19 heavy (non-hydrogen) atoms. The van der Waals surface area contributed by atoms with E-state index < -0.39 is 0 Å². The first-order valence-electron chi connectivity index (χ1n) is 6.98. The third-order valence-electron chi connectivity index (χ3n) is 4.50. The summed E-state index contributed by atoms with van der Waals surface area (Å²) in [5, 5.41) is 11.3. The molecule has 0 bridgehead atoms. The molecule has 2 N–H and O–H groups in total. The molecule has 0 radical (unpaired) electrons. The van der Waals surface area contributed by atoms with Crippen LogP contribution in [0.4, 0.5) is 0 Å². The number of aromatic amines is 1. The summed E-state index contributed by atoms with van der Waals surface area (Å²) in [6.07, 6.45) is 0.644. The molecule has 1 fully saturated rings. The van der Waals surface area contributed by atoms with Crippen LogP contribution >= 0.6 is 0 Å². The molecule has 3 rings (SSSR count). The molecule has 1 aromatic heterocycles. The number of aryl methyl sites for hydroxylation is 1. The van der Waals surface area contributed by atoms with E-state index in [1.807, 2.05) is 0 Å². The highest BCUT2D eigenvalue weighted by Crippen LogP contribution is 2.30. The van der Waals surface area contributed by atoms with Gasteiger partial charge in [-0.3, -0.25) is 4.90 Å². The van der Waals surface area contributed by atoms with E-state index >= 15 is 0 Å². The molecule has 1 atom stereocenters. The van der Waals surface area contributed by atoms with Crippen molar-refractivity contribution in [2.75, 3.05) is 6.54 Å². The summed E-state index contributed by atoms with van der Waals surface area (Å²) < 4.78 is 0. The molecular weight excluding hydrogens is 236 g/mol. The zero-order valence-electron chi connectivity index (χ0n) is 11.9. The number of nitrogens with zero attached hydrogens (tertiary/aromatic N) is 1. The van der Waals surface area contributed by atoms with Crippen LogP contribution in [0.2, 0.25) is 0 Å². The molecule has 102 valence electrons. The van der Waals surface area contributed by atoms with Gasteiger partial charge in [-0.1, -0.05) is 12.1 Å². The maximum absolute atomic E-state index is 10.0. The number of benzene rings is 1. The quantitative estimate of drug-likeness (QED) is 0.869. The largest absolute Gasteiger partial charge is 0.391 e. The van der Waals surface area contributed by atoms with Gasteiger partial charge >= 0.3 is 0 Å². The maximum atomic E-state index is 10.0. The summed E-state index contributed by atoms with van der Waals surface area (Å²) in [4.78, 5) is 5.85. The van der Waals surface area contributed by atoms with Crippen LogP contribution in [-0.4, -0.2) is 33.2 Å². The zero-order valence-corrected chi connectivity index (χ0v) is 11.9. The molecule has 1 saturated heterocycles. The normalized spacial score (nSPS) is 23.3. The standard InChI is InChI=1S/C16H22N2O/c1-11-4-5-12-9-13(17-14(12)8-11)10-18-7-6-15(19)16(18,2)3/h4-5,8-9,15,17,19H,6-7,10H2,1-3H3. The van der Waals surface area contributed by atoms with Crippen molar-refractivity contribution in [2.45, 2.75) is 45.4 Å². The van der Waals surface area contributed by atoms with Gasteiger partial charge in [0.1, 0.15) is 0 Å². The fourth-order valence-electron chi connectivity index (χ4n) is 3.00. The number of aliphatic hydroxyl groups is 1. The Kier molecular flexibility index (Phi) is 2.91.